The predicted octanol–water partition coefficient (Wildman–Crippen LogP) is 0.370. The number of hydrogen-bond donors (Lipinski definition) is 2. The number of amides is 1. The second-order valence-corrected chi connectivity index (χ2v) is 5.54. The Morgan fingerprint density at radius 1 is 1.38 bits per heavy atom. The molecule has 0 fully saturated rings. The van der Waals surface area contributed by atoms with Crippen molar-refractivity contribution in [2.45, 2.75) is 31.9 Å². The number of carbonyl (C=O) groups excluding carboxylic acids is 1. The SMILES string of the molecule is CNC(=O)CCCS(=O)C(C(=O)O)C(C)C. The van der Waals surface area contributed by atoms with E-state index in [1.165, 1.54) is 7.05 Å². The van der Waals surface area contributed by atoms with Gasteiger partial charge in [0.05, 0.1) is 0 Å². The minimum Gasteiger partial charge on any atom is -0.480 e. The van der Waals surface area contributed by atoms with E-state index in [1.807, 2.05) is 0 Å². The normalized spacial score (nSPS) is 14.5. The lowest BCUT2D eigenvalue weighted by Gasteiger charge is -2.15. The van der Waals surface area contributed by atoms with Gasteiger partial charge in [0, 0.05) is 30.0 Å². The highest BCUT2D eigenvalue weighted by atomic mass is 32.2. The molecular weight excluding hydrogens is 230 g/mol. The van der Waals surface area contributed by atoms with Crippen molar-refractivity contribution < 1.29 is 18.9 Å². The van der Waals surface area contributed by atoms with Gasteiger partial charge in [-0.3, -0.25) is 13.8 Å². The van der Waals surface area contributed by atoms with Crippen LogP contribution in [0.4, 0.5) is 0 Å². The van der Waals surface area contributed by atoms with Crippen molar-refractivity contribution in [1.29, 1.82) is 0 Å². The van der Waals surface area contributed by atoms with Gasteiger partial charge in [0.1, 0.15) is 5.25 Å². The van der Waals surface area contributed by atoms with Crippen LogP contribution >= 0.6 is 0 Å². The van der Waals surface area contributed by atoms with E-state index in [-0.39, 0.29) is 24.0 Å². The summed E-state index contributed by atoms with van der Waals surface area (Å²) in [5.74, 6) is -1.07. The first-order valence-electron chi connectivity index (χ1n) is 5.20. The van der Waals surface area contributed by atoms with E-state index in [9.17, 15) is 13.8 Å². The van der Waals surface area contributed by atoms with Gasteiger partial charge in [-0.1, -0.05) is 13.8 Å². The number of carbonyl (C=O) groups is 2. The van der Waals surface area contributed by atoms with Gasteiger partial charge in [0.25, 0.3) is 0 Å². The zero-order valence-corrected chi connectivity index (χ0v) is 10.7. The summed E-state index contributed by atoms with van der Waals surface area (Å²) < 4.78 is 11.7. The van der Waals surface area contributed by atoms with Gasteiger partial charge in [-0.25, -0.2) is 0 Å². The summed E-state index contributed by atoms with van der Waals surface area (Å²) in [6, 6.07) is 0. The topological polar surface area (TPSA) is 83.5 Å². The fourth-order valence-corrected chi connectivity index (χ4v) is 2.84. The molecule has 0 aliphatic rings. The van der Waals surface area contributed by atoms with Crippen molar-refractivity contribution in [2.75, 3.05) is 12.8 Å². The van der Waals surface area contributed by atoms with Crippen molar-refractivity contribution in [3.05, 3.63) is 0 Å². The molecule has 0 aromatic carbocycles. The molecule has 5 nitrogen and oxygen atoms in total. The van der Waals surface area contributed by atoms with Crippen molar-refractivity contribution in [3.8, 4) is 0 Å². The first kappa shape index (κ1) is 15.1. The number of carboxylic acid groups (broad SMARTS) is 1. The zero-order valence-electron chi connectivity index (χ0n) is 9.86. The van der Waals surface area contributed by atoms with Gasteiger partial charge < -0.3 is 10.4 Å². The largest absolute Gasteiger partial charge is 0.480 e. The number of hydrogen-bond acceptors (Lipinski definition) is 3. The van der Waals surface area contributed by atoms with Crippen LogP contribution in [0.2, 0.25) is 0 Å². The molecule has 0 aromatic rings. The summed E-state index contributed by atoms with van der Waals surface area (Å²) >= 11 is 0. The van der Waals surface area contributed by atoms with Crippen LogP contribution in [-0.4, -0.2) is 39.2 Å². The maximum Gasteiger partial charge on any atom is 0.319 e. The van der Waals surface area contributed by atoms with E-state index in [2.05, 4.69) is 5.32 Å². The van der Waals surface area contributed by atoms with E-state index in [4.69, 9.17) is 5.11 Å². The lowest BCUT2D eigenvalue weighted by Crippen LogP contribution is -2.32. The minimum absolute atomic E-state index is 0.117. The Morgan fingerprint density at radius 3 is 2.31 bits per heavy atom. The van der Waals surface area contributed by atoms with Crippen LogP contribution in [0.3, 0.4) is 0 Å². The Bertz CT molecular complexity index is 278. The zero-order chi connectivity index (χ0) is 12.7. The van der Waals surface area contributed by atoms with Gasteiger partial charge in [-0.15, -0.1) is 0 Å². The second kappa shape index (κ2) is 7.38. The quantitative estimate of drug-likeness (QED) is 0.683. The highest BCUT2D eigenvalue weighted by Crippen LogP contribution is 2.11. The molecule has 0 saturated carbocycles. The minimum atomic E-state index is -1.42. The second-order valence-electron chi connectivity index (χ2n) is 3.86. The summed E-state index contributed by atoms with van der Waals surface area (Å²) in [5.41, 5.74) is 0. The van der Waals surface area contributed by atoms with E-state index < -0.39 is 22.0 Å². The Balaban J connectivity index is 4.13. The molecule has 2 N–H and O–H groups in total. The third kappa shape index (κ3) is 5.25. The molecule has 2 unspecified atom stereocenters. The van der Waals surface area contributed by atoms with Crippen LogP contribution in [0, 0.1) is 5.92 Å². The lowest BCUT2D eigenvalue weighted by molar-refractivity contribution is -0.137. The van der Waals surface area contributed by atoms with Crippen LogP contribution in [0.15, 0.2) is 0 Å². The molecule has 0 aliphatic carbocycles. The predicted molar refractivity (Wildman–Crippen MR) is 62.6 cm³/mol. The number of carboxylic acids is 1. The summed E-state index contributed by atoms with van der Waals surface area (Å²) in [5, 5.41) is 10.5. The monoisotopic (exact) mass is 249 g/mol. The molecule has 94 valence electrons. The molecule has 0 spiro atoms. The Kier molecular flexibility index (Phi) is 6.96. The van der Waals surface area contributed by atoms with Crippen molar-refractivity contribution in [3.63, 3.8) is 0 Å². The number of aliphatic carboxylic acids is 1. The smallest absolute Gasteiger partial charge is 0.319 e. The van der Waals surface area contributed by atoms with Crippen molar-refractivity contribution in [2.24, 2.45) is 5.92 Å². The third-order valence-electron chi connectivity index (χ3n) is 2.16. The third-order valence-corrected chi connectivity index (χ3v) is 4.16. The Morgan fingerprint density at radius 2 is 1.94 bits per heavy atom. The molecule has 6 heteroatoms. The lowest BCUT2D eigenvalue weighted by atomic mass is 10.1. The highest BCUT2D eigenvalue weighted by molar-refractivity contribution is 7.86. The maximum atomic E-state index is 11.7. The average Bonchev–Trinajstić information content (AvgIpc) is 2.16. The van der Waals surface area contributed by atoms with Crippen LogP contribution in [0.5, 0.6) is 0 Å². The van der Waals surface area contributed by atoms with E-state index >= 15 is 0 Å². The summed E-state index contributed by atoms with van der Waals surface area (Å²) in [7, 11) is 0.119. The fourth-order valence-electron chi connectivity index (χ4n) is 1.33. The maximum absolute atomic E-state index is 11.7. The standard InChI is InChI=1S/C10H19NO4S/c1-7(2)9(10(13)14)16(15)6-4-5-8(12)11-3/h7,9H,4-6H2,1-3H3,(H,11,12)(H,13,14). The van der Waals surface area contributed by atoms with Crippen LogP contribution in [-0.2, 0) is 20.4 Å². The number of rotatable bonds is 7. The van der Waals surface area contributed by atoms with Crippen LogP contribution < -0.4 is 5.32 Å². The van der Waals surface area contributed by atoms with E-state index in [0.29, 0.717) is 6.42 Å². The number of nitrogens with one attached hydrogen (secondary N) is 1. The van der Waals surface area contributed by atoms with Crippen LogP contribution in [0.25, 0.3) is 0 Å². The molecule has 2 atom stereocenters. The molecule has 0 bridgehead atoms. The molecule has 0 radical (unpaired) electrons. The van der Waals surface area contributed by atoms with E-state index in [0.717, 1.165) is 0 Å². The first-order valence-corrected chi connectivity index (χ1v) is 6.59. The summed E-state index contributed by atoms with van der Waals surface area (Å²) in [6.45, 7) is 3.46. The molecule has 16 heavy (non-hydrogen) atoms. The van der Waals surface area contributed by atoms with Gasteiger partial charge in [-0.2, -0.15) is 0 Å². The van der Waals surface area contributed by atoms with Crippen LogP contribution in [0.1, 0.15) is 26.7 Å². The Labute approximate surface area is 98.1 Å². The molecule has 1 amide bonds. The molecule has 0 aliphatic heterocycles. The average molecular weight is 249 g/mol. The molecule has 0 saturated heterocycles. The summed E-state index contributed by atoms with van der Waals surface area (Å²) in [6.07, 6.45) is 0.732. The Hall–Kier alpha value is -0.910. The molecule has 0 aromatic heterocycles. The van der Waals surface area contributed by atoms with Gasteiger partial charge in [-0.05, 0) is 12.3 Å². The van der Waals surface area contributed by atoms with Gasteiger partial charge >= 0.3 is 5.97 Å². The molecular formula is C10H19NO4S. The molecule has 0 rings (SSSR count). The summed E-state index contributed by atoms with van der Waals surface area (Å²) in [4.78, 5) is 21.8. The van der Waals surface area contributed by atoms with E-state index in [1.54, 1.807) is 13.8 Å². The van der Waals surface area contributed by atoms with Crippen molar-refractivity contribution in [1.82, 2.24) is 5.32 Å². The van der Waals surface area contributed by atoms with Gasteiger partial charge in [0.2, 0.25) is 5.91 Å². The fraction of sp³-hybridized carbons (Fsp3) is 0.800. The first-order chi connectivity index (χ1) is 7.40. The van der Waals surface area contributed by atoms with Gasteiger partial charge in [0.15, 0.2) is 0 Å². The van der Waals surface area contributed by atoms with Crippen molar-refractivity contribution >= 4 is 22.7 Å². The molecule has 0 heterocycles. The highest BCUT2D eigenvalue weighted by Gasteiger charge is 2.27.